The van der Waals surface area contributed by atoms with E-state index in [0.29, 0.717) is 13.0 Å². The molecule has 11 heteroatoms. The number of ether oxygens (including phenoxy) is 1. The number of benzene rings is 2. The van der Waals surface area contributed by atoms with Crippen molar-refractivity contribution in [3.63, 3.8) is 0 Å². The molecular formula is C19H21F3N2O5S. The number of rotatable bonds is 8. The minimum atomic E-state index is -4.87. The van der Waals surface area contributed by atoms with Gasteiger partial charge in [0.25, 0.3) is 0 Å². The molecule has 0 saturated carbocycles. The second-order valence-electron chi connectivity index (χ2n) is 6.56. The second kappa shape index (κ2) is 8.92. The van der Waals surface area contributed by atoms with Gasteiger partial charge in [0.15, 0.2) is 9.84 Å². The number of unbranched alkanes of at least 4 members (excludes halogenated alkanes) is 1. The van der Waals surface area contributed by atoms with E-state index < -0.39 is 27.9 Å². The van der Waals surface area contributed by atoms with Gasteiger partial charge in [-0.15, -0.1) is 13.2 Å². The number of sulfone groups is 1. The minimum absolute atomic E-state index is 0.0969. The highest BCUT2D eigenvalue weighted by Gasteiger charge is 2.31. The average molecular weight is 446 g/mol. The first-order valence-corrected chi connectivity index (χ1v) is 10.7. The highest BCUT2D eigenvalue weighted by atomic mass is 32.2. The normalized spacial score (nSPS) is 11.9. The number of aromatic carboxylic acids is 1. The topological polar surface area (TPSA) is 110 Å². The first kappa shape index (κ1) is 23.5. The van der Waals surface area contributed by atoms with Crippen molar-refractivity contribution in [3.8, 4) is 16.9 Å². The SMILES string of the molecule is CCCCN(N)c1cc(C(=O)O)cc(S(C)(=O)=O)c1-c1ccc(OC(F)(F)F)cc1. The van der Waals surface area contributed by atoms with Gasteiger partial charge in [-0.25, -0.2) is 19.1 Å². The standard InChI is InChI=1S/C19H21F3N2O5S/c1-3-4-9-24(23)15-10-13(18(25)26)11-16(30(2,27)28)17(15)12-5-7-14(8-6-12)29-19(20,21)22/h5-8,10-11H,3-4,9,23H2,1-2H3,(H,25,26). The van der Waals surface area contributed by atoms with Crippen molar-refractivity contribution in [1.82, 2.24) is 0 Å². The van der Waals surface area contributed by atoms with Crippen LogP contribution < -0.4 is 15.6 Å². The van der Waals surface area contributed by atoms with Gasteiger partial charge in [0.1, 0.15) is 5.75 Å². The molecule has 0 aliphatic rings. The molecule has 0 heterocycles. The number of anilines is 1. The molecule has 0 aliphatic carbocycles. The Labute approximate surface area is 171 Å². The quantitative estimate of drug-likeness (QED) is 0.468. The predicted octanol–water partition coefficient (Wildman–Crippen LogP) is 3.83. The average Bonchev–Trinajstić information content (AvgIpc) is 2.63. The highest BCUT2D eigenvalue weighted by molar-refractivity contribution is 7.90. The van der Waals surface area contributed by atoms with E-state index in [2.05, 4.69) is 4.74 Å². The van der Waals surface area contributed by atoms with Crippen molar-refractivity contribution in [2.24, 2.45) is 5.84 Å². The van der Waals surface area contributed by atoms with Gasteiger partial charge in [0.2, 0.25) is 0 Å². The lowest BCUT2D eigenvalue weighted by atomic mass is 10.0. The Kier molecular flexibility index (Phi) is 6.99. The van der Waals surface area contributed by atoms with Crippen molar-refractivity contribution < 1.29 is 36.2 Å². The summed E-state index contributed by atoms with van der Waals surface area (Å²) in [5.41, 5.74) is 0.190. The van der Waals surface area contributed by atoms with E-state index in [1.807, 2.05) is 6.92 Å². The molecule has 0 amide bonds. The summed E-state index contributed by atoms with van der Waals surface area (Å²) < 4.78 is 65.9. The first-order valence-electron chi connectivity index (χ1n) is 8.83. The van der Waals surface area contributed by atoms with Crippen LogP contribution >= 0.6 is 0 Å². The van der Waals surface area contributed by atoms with E-state index in [0.717, 1.165) is 30.9 Å². The maximum absolute atomic E-state index is 12.4. The van der Waals surface area contributed by atoms with Crippen LogP contribution in [0.1, 0.15) is 30.1 Å². The summed E-state index contributed by atoms with van der Waals surface area (Å²) in [6.07, 6.45) is -2.53. The van der Waals surface area contributed by atoms with Crippen molar-refractivity contribution in [3.05, 3.63) is 42.0 Å². The van der Waals surface area contributed by atoms with E-state index in [4.69, 9.17) is 5.84 Å². The molecule has 0 saturated heterocycles. The van der Waals surface area contributed by atoms with E-state index in [-0.39, 0.29) is 27.3 Å². The van der Waals surface area contributed by atoms with Gasteiger partial charge in [-0.2, -0.15) is 0 Å². The fourth-order valence-corrected chi connectivity index (χ4v) is 3.74. The molecule has 0 radical (unpaired) electrons. The Morgan fingerprint density at radius 2 is 1.80 bits per heavy atom. The fraction of sp³-hybridized carbons (Fsp3) is 0.316. The van der Waals surface area contributed by atoms with Crippen LogP contribution in [0.4, 0.5) is 18.9 Å². The molecule has 0 spiro atoms. The van der Waals surface area contributed by atoms with Gasteiger partial charge in [-0.05, 0) is 36.2 Å². The number of nitrogens with zero attached hydrogens (tertiary/aromatic N) is 1. The lowest BCUT2D eigenvalue weighted by molar-refractivity contribution is -0.274. The monoisotopic (exact) mass is 446 g/mol. The zero-order chi connectivity index (χ0) is 22.7. The molecule has 3 N–H and O–H groups in total. The van der Waals surface area contributed by atoms with Crippen LogP contribution in [0.2, 0.25) is 0 Å². The molecule has 0 aliphatic heterocycles. The van der Waals surface area contributed by atoms with Gasteiger partial charge < -0.3 is 14.9 Å². The maximum Gasteiger partial charge on any atom is 0.573 e. The molecule has 0 atom stereocenters. The molecule has 0 aromatic heterocycles. The number of halogens is 3. The van der Waals surface area contributed by atoms with Gasteiger partial charge in [0.05, 0.1) is 16.1 Å². The summed E-state index contributed by atoms with van der Waals surface area (Å²) in [7, 11) is -3.91. The first-order chi connectivity index (χ1) is 13.8. The summed E-state index contributed by atoms with van der Waals surface area (Å²) in [5, 5.41) is 10.6. The summed E-state index contributed by atoms with van der Waals surface area (Å²) in [6, 6.07) is 6.82. The Morgan fingerprint density at radius 3 is 2.27 bits per heavy atom. The Morgan fingerprint density at radius 1 is 1.20 bits per heavy atom. The lowest BCUT2D eigenvalue weighted by Crippen LogP contribution is -2.32. The minimum Gasteiger partial charge on any atom is -0.478 e. The zero-order valence-corrected chi connectivity index (χ0v) is 17.0. The largest absolute Gasteiger partial charge is 0.573 e. The number of carbonyl (C=O) groups is 1. The van der Waals surface area contributed by atoms with Gasteiger partial charge in [0, 0.05) is 18.4 Å². The van der Waals surface area contributed by atoms with Crippen LogP contribution in [-0.4, -0.2) is 38.7 Å². The molecule has 30 heavy (non-hydrogen) atoms. The van der Waals surface area contributed by atoms with E-state index in [1.165, 1.54) is 23.2 Å². The number of hydrogen-bond acceptors (Lipinski definition) is 6. The van der Waals surface area contributed by atoms with E-state index >= 15 is 0 Å². The van der Waals surface area contributed by atoms with Crippen LogP contribution in [0.15, 0.2) is 41.3 Å². The summed E-state index contributed by atoms with van der Waals surface area (Å²) in [6.45, 7) is 2.23. The molecule has 2 aromatic rings. The Hall–Kier alpha value is -2.79. The van der Waals surface area contributed by atoms with Gasteiger partial charge in [-0.1, -0.05) is 25.5 Å². The summed E-state index contributed by atoms with van der Waals surface area (Å²) >= 11 is 0. The number of alkyl halides is 3. The number of hydrazine groups is 1. The van der Waals surface area contributed by atoms with Gasteiger partial charge in [-0.3, -0.25) is 0 Å². The molecule has 2 aromatic carbocycles. The third kappa shape index (κ3) is 5.86. The number of carboxylic acids is 1. The summed E-state index contributed by atoms with van der Waals surface area (Å²) in [5.74, 6) is 4.26. The van der Waals surface area contributed by atoms with Crippen LogP contribution in [0.5, 0.6) is 5.75 Å². The Bertz CT molecular complexity index is 1020. The van der Waals surface area contributed by atoms with Gasteiger partial charge >= 0.3 is 12.3 Å². The second-order valence-corrected chi connectivity index (χ2v) is 8.55. The predicted molar refractivity (Wildman–Crippen MR) is 105 cm³/mol. The third-order valence-electron chi connectivity index (χ3n) is 4.17. The van der Waals surface area contributed by atoms with Crippen LogP contribution in [0.25, 0.3) is 11.1 Å². The highest BCUT2D eigenvalue weighted by Crippen LogP contribution is 2.38. The molecule has 0 fully saturated rings. The number of hydrogen-bond donors (Lipinski definition) is 2. The van der Waals surface area contributed by atoms with E-state index in [1.54, 1.807) is 0 Å². The Balaban J connectivity index is 2.72. The fourth-order valence-electron chi connectivity index (χ4n) is 2.81. The van der Waals surface area contributed by atoms with Crippen LogP contribution in [0.3, 0.4) is 0 Å². The van der Waals surface area contributed by atoms with Crippen molar-refractivity contribution in [2.45, 2.75) is 31.0 Å². The summed E-state index contributed by atoms with van der Waals surface area (Å²) in [4.78, 5) is 11.2. The number of carboxylic acid groups (broad SMARTS) is 1. The smallest absolute Gasteiger partial charge is 0.478 e. The third-order valence-corrected chi connectivity index (χ3v) is 5.29. The zero-order valence-electron chi connectivity index (χ0n) is 16.2. The molecular weight excluding hydrogens is 425 g/mol. The number of nitrogens with two attached hydrogens (primary N) is 1. The van der Waals surface area contributed by atoms with Crippen molar-refractivity contribution in [2.75, 3.05) is 17.8 Å². The molecule has 2 rings (SSSR count). The molecule has 0 unspecified atom stereocenters. The van der Waals surface area contributed by atoms with Crippen molar-refractivity contribution in [1.29, 1.82) is 0 Å². The lowest BCUT2D eigenvalue weighted by Gasteiger charge is -2.24. The maximum atomic E-state index is 12.4. The molecule has 0 bridgehead atoms. The van der Waals surface area contributed by atoms with Crippen molar-refractivity contribution >= 4 is 21.5 Å². The van der Waals surface area contributed by atoms with Crippen LogP contribution in [-0.2, 0) is 9.84 Å². The molecule has 7 nitrogen and oxygen atoms in total. The van der Waals surface area contributed by atoms with Crippen LogP contribution in [0, 0.1) is 0 Å². The van der Waals surface area contributed by atoms with E-state index in [9.17, 15) is 31.5 Å². The molecule has 164 valence electrons.